The summed E-state index contributed by atoms with van der Waals surface area (Å²) in [6.45, 7) is 2.56. The number of benzene rings is 1. The van der Waals surface area contributed by atoms with Crippen LogP contribution in [0.15, 0.2) is 53.2 Å². The first-order chi connectivity index (χ1) is 15.3. The van der Waals surface area contributed by atoms with E-state index in [1.165, 1.54) is 0 Å². The largest absolute Gasteiger partial charge is 0.359 e. The van der Waals surface area contributed by atoms with Gasteiger partial charge in [-0.1, -0.05) is 17.3 Å². The smallest absolute Gasteiger partial charge is 0.154 e. The molecule has 0 radical (unpaired) electrons. The number of piperazine rings is 1. The van der Waals surface area contributed by atoms with Crippen LogP contribution in [0.1, 0.15) is 42.2 Å². The molecule has 0 unspecified atom stereocenters. The Kier molecular flexibility index (Phi) is 5.11. The number of pyridine rings is 1. The van der Waals surface area contributed by atoms with E-state index in [9.17, 15) is 5.26 Å². The predicted molar refractivity (Wildman–Crippen MR) is 115 cm³/mol. The van der Waals surface area contributed by atoms with Gasteiger partial charge in [0.15, 0.2) is 5.76 Å². The maximum absolute atomic E-state index is 9.44. The van der Waals surface area contributed by atoms with E-state index in [2.05, 4.69) is 32.1 Å². The second kappa shape index (κ2) is 8.22. The number of piperidine rings is 1. The van der Waals surface area contributed by atoms with E-state index < -0.39 is 0 Å². The van der Waals surface area contributed by atoms with E-state index in [-0.39, 0.29) is 6.04 Å². The van der Waals surface area contributed by atoms with Crippen molar-refractivity contribution in [3.8, 4) is 23.4 Å². The second-order valence-corrected chi connectivity index (χ2v) is 8.08. The number of fused-ring (bicyclic) bond motifs is 1. The first kappa shape index (κ1) is 19.3. The van der Waals surface area contributed by atoms with Crippen LogP contribution in [0.3, 0.4) is 0 Å². The van der Waals surface area contributed by atoms with Crippen LogP contribution in [0, 0.1) is 22.7 Å². The van der Waals surface area contributed by atoms with Crippen molar-refractivity contribution in [2.24, 2.45) is 0 Å². The van der Waals surface area contributed by atoms with Gasteiger partial charge >= 0.3 is 0 Å². The van der Waals surface area contributed by atoms with Gasteiger partial charge in [-0.05, 0) is 43.5 Å². The van der Waals surface area contributed by atoms with Crippen LogP contribution in [-0.2, 0) is 0 Å². The van der Waals surface area contributed by atoms with Gasteiger partial charge in [-0.2, -0.15) is 10.5 Å². The van der Waals surface area contributed by atoms with Crippen LogP contribution in [0.2, 0.25) is 0 Å². The molecule has 4 heterocycles. The predicted octanol–water partition coefficient (Wildman–Crippen LogP) is 3.90. The standard InChI is InChI=1S/C24H22N6O/c25-14-17-4-1-5-18(12-17)21-13-23(31-28-21)22-8-2-7-20-16-29(10-11-30(20)22)24-19(15-26)6-3-9-27-24/h1,3-6,9,12-13,20,22H,2,7-8,10-11,16H2/t20-,22+/m0/s1. The highest BCUT2D eigenvalue weighted by Crippen LogP contribution is 2.38. The molecule has 0 bridgehead atoms. The number of hydrogen-bond acceptors (Lipinski definition) is 7. The number of hydrogen-bond donors (Lipinski definition) is 0. The van der Waals surface area contributed by atoms with Gasteiger partial charge in [-0.3, -0.25) is 4.90 Å². The molecule has 3 aromatic rings. The first-order valence-electron chi connectivity index (χ1n) is 10.6. The first-order valence-corrected chi connectivity index (χ1v) is 10.6. The molecule has 0 N–H and O–H groups in total. The molecule has 1 aromatic carbocycles. The van der Waals surface area contributed by atoms with E-state index in [0.29, 0.717) is 17.2 Å². The molecule has 154 valence electrons. The van der Waals surface area contributed by atoms with Gasteiger partial charge in [0.05, 0.1) is 23.2 Å². The van der Waals surface area contributed by atoms with Crippen molar-refractivity contribution in [3.05, 3.63) is 65.5 Å². The molecule has 0 amide bonds. The summed E-state index contributed by atoms with van der Waals surface area (Å²) < 4.78 is 5.79. The average Bonchev–Trinajstić information content (AvgIpc) is 3.33. The third-order valence-corrected chi connectivity index (χ3v) is 6.29. The van der Waals surface area contributed by atoms with E-state index in [4.69, 9.17) is 9.78 Å². The lowest BCUT2D eigenvalue weighted by Gasteiger charge is -2.47. The van der Waals surface area contributed by atoms with Gasteiger partial charge in [-0.15, -0.1) is 0 Å². The molecule has 2 aliphatic heterocycles. The van der Waals surface area contributed by atoms with Crippen LogP contribution < -0.4 is 4.90 Å². The molecular formula is C24H22N6O. The van der Waals surface area contributed by atoms with Crippen molar-refractivity contribution in [1.82, 2.24) is 15.0 Å². The van der Waals surface area contributed by atoms with E-state index in [1.54, 1.807) is 12.3 Å². The van der Waals surface area contributed by atoms with Gasteiger partial charge in [0.25, 0.3) is 0 Å². The van der Waals surface area contributed by atoms with Crippen molar-refractivity contribution in [1.29, 1.82) is 10.5 Å². The molecule has 5 rings (SSSR count). The topological polar surface area (TPSA) is 93.0 Å². The van der Waals surface area contributed by atoms with Crippen molar-refractivity contribution in [3.63, 3.8) is 0 Å². The minimum absolute atomic E-state index is 0.195. The highest BCUT2D eigenvalue weighted by atomic mass is 16.5. The number of rotatable bonds is 3. The lowest BCUT2D eigenvalue weighted by molar-refractivity contribution is 0.0558. The molecule has 2 aromatic heterocycles. The summed E-state index contributed by atoms with van der Waals surface area (Å²) in [6.07, 6.45) is 5.03. The normalized spacial score (nSPS) is 21.2. The summed E-state index contributed by atoms with van der Waals surface area (Å²) >= 11 is 0. The zero-order valence-electron chi connectivity index (χ0n) is 17.1. The Morgan fingerprint density at radius 2 is 1.97 bits per heavy atom. The molecule has 7 heteroatoms. The zero-order chi connectivity index (χ0) is 21.2. The van der Waals surface area contributed by atoms with Crippen molar-refractivity contribution < 1.29 is 4.52 Å². The van der Waals surface area contributed by atoms with Crippen LogP contribution >= 0.6 is 0 Å². The maximum Gasteiger partial charge on any atom is 0.154 e. The molecular weight excluding hydrogens is 388 g/mol. The maximum atomic E-state index is 9.44. The van der Waals surface area contributed by atoms with Gasteiger partial charge < -0.3 is 9.42 Å². The van der Waals surface area contributed by atoms with Gasteiger partial charge in [0, 0.05) is 43.5 Å². The Hall–Kier alpha value is -3.68. The van der Waals surface area contributed by atoms with Crippen LogP contribution in [0.25, 0.3) is 11.3 Å². The summed E-state index contributed by atoms with van der Waals surface area (Å²) in [5.74, 6) is 1.66. The third-order valence-electron chi connectivity index (χ3n) is 6.29. The molecule has 31 heavy (non-hydrogen) atoms. The summed E-state index contributed by atoms with van der Waals surface area (Å²) in [4.78, 5) is 9.23. The Labute approximate surface area is 181 Å². The van der Waals surface area contributed by atoms with Crippen molar-refractivity contribution in [2.45, 2.75) is 31.3 Å². The summed E-state index contributed by atoms with van der Waals surface area (Å²) in [7, 11) is 0. The number of nitrogens with zero attached hydrogens (tertiary/aromatic N) is 6. The molecule has 7 nitrogen and oxygen atoms in total. The Morgan fingerprint density at radius 3 is 2.84 bits per heavy atom. The summed E-state index contributed by atoms with van der Waals surface area (Å²) in [5, 5.41) is 22.9. The second-order valence-electron chi connectivity index (χ2n) is 8.08. The minimum atomic E-state index is 0.195. The number of anilines is 1. The van der Waals surface area contributed by atoms with E-state index in [1.807, 2.05) is 36.4 Å². The summed E-state index contributed by atoms with van der Waals surface area (Å²) in [6, 6.07) is 18.1. The van der Waals surface area contributed by atoms with E-state index >= 15 is 0 Å². The van der Waals surface area contributed by atoms with Crippen molar-refractivity contribution in [2.75, 3.05) is 24.5 Å². The van der Waals surface area contributed by atoms with Crippen LogP contribution in [0.4, 0.5) is 5.82 Å². The summed E-state index contributed by atoms with van der Waals surface area (Å²) in [5.41, 5.74) is 2.90. The number of nitriles is 2. The molecule has 2 atom stereocenters. The molecule has 0 saturated carbocycles. The van der Waals surface area contributed by atoms with Gasteiger partial charge in [-0.25, -0.2) is 4.98 Å². The van der Waals surface area contributed by atoms with Crippen LogP contribution in [-0.4, -0.2) is 40.7 Å². The molecule has 0 aliphatic carbocycles. The monoisotopic (exact) mass is 410 g/mol. The third kappa shape index (κ3) is 3.65. The van der Waals surface area contributed by atoms with Crippen molar-refractivity contribution >= 4 is 5.82 Å². The fourth-order valence-corrected chi connectivity index (χ4v) is 4.81. The average molecular weight is 410 g/mol. The molecule has 2 fully saturated rings. The van der Waals surface area contributed by atoms with E-state index in [0.717, 1.165) is 61.7 Å². The quantitative estimate of drug-likeness (QED) is 0.646. The Bertz CT molecular complexity index is 1170. The minimum Gasteiger partial charge on any atom is -0.359 e. The molecule has 2 aliphatic rings. The number of aromatic nitrogens is 2. The Balaban J connectivity index is 1.36. The zero-order valence-corrected chi connectivity index (χ0v) is 17.1. The lowest BCUT2D eigenvalue weighted by atomic mass is 9.91. The highest BCUT2D eigenvalue weighted by molar-refractivity contribution is 5.61. The Morgan fingerprint density at radius 1 is 1.03 bits per heavy atom. The molecule has 0 spiro atoms. The highest BCUT2D eigenvalue weighted by Gasteiger charge is 2.38. The van der Waals surface area contributed by atoms with Gasteiger partial charge in [0.1, 0.15) is 17.6 Å². The van der Waals surface area contributed by atoms with Crippen LogP contribution in [0.5, 0.6) is 0 Å². The fraction of sp³-hybridized carbons (Fsp3) is 0.333. The SMILES string of the molecule is N#Cc1cccc(-c2cc([C@H]3CCC[C@H]4CN(c5ncccc5C#N)CCN43)on2)c1. The fourth-order valence-electron chi connectivity index (χ4n) is 4.81. The van der Waals surface area contributed by atoms with Gasteiger partial charge in [0.2, 0.25) is 0 Å². The lowest BCUT2D eigenvalue weighted by Crippen LogP contribution is -2.56. The molecule has 2 saturated heterocycles.